The van der Waals surface area contributed by atoms with Crippen molar-refractivity contribution in [3.63, 3.8) is 0 Å². The van der Waals surface area contributed by atoms with Gasteiger partial charge in [-0.1, -0.05) is 6.92 Å². The van der Waals surface area contributed by atoms with Gasteiger partial charge in [0.05, 0.1) is 17.6 Å². The van der Waals surface area contributed by atoms with E-state index in [0.717, 1.165) is 0 Å². The van der Waals surface area contributed by atoms with Crippen LogP contribution in [0.2, 0.25) is 0 Å². The maximum atomic E-state index is 11.1. The Morgan fingerprint density at radius 2 is 2.33 bits per heavy atom. The molecular formula is C7H12N2O2S. The van der Waals surface area contributed by atoms with Gasteiger partial charge in [-0.25, -0.2) is 8.42 Å². The van der Waals surface area contributed by atoms with E-state index in [-0.39, 0.29) is 11.5 Å². The van der Waals surface area contributed by atoms with Crippen LogP contribution in [0.1, 0.15) is 13.3 Å². The molecule has 0 aromatic rings. The third kappa shape index (κ3) is 1.76. The third-order valence-corrected chi connectivity index (χ3v) is 3.79. The number of nitriles is 1. The van der Waals surface area contributed by atoms with Crippen LogP contribution in [0.4, 0.5) is 0 Å². The predicted octanol–water partition coefficient (Wildman–Crippen LogP) is -0.323. The summed E-state index contributed by atoms with van der Waals surface area (Å²) in [6.45, 7) is 2.49. The molecule has 1 rings (SSSR count). The average molecular weight is 188 g/mol. The molecule has 0 amide bonds. The number of sulfone groups is 1. The number of hydrogen-bond acceptors (Lipinski definition) is 4. The third-order valence-electron chi connectivity index (χ3n) is 2.04. The van der Waals surface area contributed by atoms with E-state index < -0.39 is 15.4 Å². The number of nitrogens with one attached hydrogen (secondary N) is 1. The molecule has 1 aliphatic rings. The maximum absolute atomic E-state index is 11.1. The molecule has 1 atom stereocenters. The Morgan fingerprint density at radius 1 is 1.67 bits per heavy atom. The highest BCUT2D eigenvalue weighted by atomic mass is 32.2. The lowest BCUT2D eigenvalue weighted by Crippen LogP contribution is -2.44. The summed E-state index contributed by atoms with van der Waals surface area (Å²) in [5, 5.41) is 11.7. The Balaban J connectivity index is 2.81. The molecule has 0 spiro atoms. The van der Waals surface area contributed by atoms with E-state index in [1.54, 1.807) is 0 Å². The lowest BCUT2D eigenvalue weighted by molar-refractivity contribution is 0.470. The summed E-state index contributed by atoms with van der Waals surface area (Å²) in [5.74, 6) is 0.0951. The molecule has 1 unspecified atom stereocenters. The van der Waals surface area contributed by atoms with Crippen LogP contribution in [0, 0.1) is 11.3 Å². The molecule has 1 fully saturated rings. The van der Waals surface area contributed by atoms with Gasteiger partial charge in [-0.15, -0.1) is 0 Å². The van der Waals surface area contributed by atoms with Gasteiger partial charge in [0, 0.05) is 0 Å². The standard InChI is InChI=1S/C7H12N2O2S/c1-2-9-7(5-8)3-4-12(10,11)6-7/h9H,2-4,6H2,1H3. The van der Waals surface area contributed by atoms with Crippen LogP contribution >= 0.6 is 0 Å². The molecule has 0 bridgehead atoms. The van der Waals surface area contributed by atoms with E-state index in [2.05, 4.69) is 5.32 Å². The second-order valence-corrected chi connectivity index (χ2v) is 5.25. The molecule has 5 heteroatoms. The van der Waals surface area contributed by atoms with Crippen LogP contribution in [-0.4, -0.2) is 32.0 Å². The summed E-state index contributed by atoms with van der Waals surface area (Å²) in [7, 11) is -2.97. The molecule has 0 aromatic heterocycles. The minimum absolute atomic E-state index is 0.0374. The molecule has 0 saturated carbocycles. The van der Waals surface area contributed by atoms with Crippen LogP contribution < -0.4 is 5.32 Å². The van der Waals surface area contributed by atoms with Crippen molar-refractivity contribution in [3.05, 3.63) is 0 Å². The molecule has 68 valence electrons. The molecule has 0 aromatic carbocycles. The Labute approximate surface area is 72.5 Å². The minimum atomic E-state index is -2.97. The number of hydrogen-bond donors (Lipinski definition) is 1. The fourth-order valence-electron chi connectivity index (χ4n) is 1.45. The summed E-state index contributed by atoms with van der Waals surface area (Å²) in [4.78, 5) is 0. The molecule has 0 aliphatic carbocycles. The zero-order valence-corrected chi connectivity index (χ0v) is 7.82. The summed E-state index contributed by atoms with van der Waals surface area (Å²) in [5.41, 5.74) is -0.812. The highest BCUT2D eigenvalue weighted by molar-refractivity contribution is 7.91. The van der Waals surface area contributed by atoms with Crippen molar-refractivity contribution >= 4 is 9.84 Å². The highest BCUT2D eigenvalue weighted by Gasteiger charge is 2.41. The molecule has 1 aliphatic heterocycles. The van der Waals surface area contributed by atoms with Gasteiger partial charge in [-0.3, -0.25) is 5.32 Å². The van der Waals surface area contributed by atoms with Gasteiger partial charge in [-0.2, -0.15) is 5.26 Å². The number of nitrogens with zero attached hydrogens (tertiary/aromatic N) is 1. The largest absolute Gasteiger partial charge is 0.299 e. The molecule has 4 nitrogen and oxygen atoms in total. The Bertz CT molecular complexity index is 304. The monoisotopic (exact) mass is 188 g/mol. The normalized spacial score (nSPS) is 33.0. The smallest absolute Gasteiger partial charge is 0.153 e. The van der Waals surface area contributed by atoms with Gasteiger partial charge in [0.1, 0.15) is 5.54 Å². The first-order valence-corrected chi connectivity index (χ1v) is 5.72. The predicted molar refractivity (Wildman–Crippen MR) is 45.3 cm³/mol. The highest BCUT2D eigenvalue weighted by Crippen LogP contribution is 2.22. The molecule has 0 radical (unpaired) electrons. The second kappa shape index (κ2) is 3.04. The molecule has 1 N–H and O–H groups in total. The van der Waals surface area contributed by atoms with Gasteiger partial charge < -0.3 is 0 Å². The maximum Gasteiger partial charge on any atom is 0.153 e. The fourth-order valence-corrected chi connectivity index (χ4v) is 3.32. The van der Waals surface area contributed by atoms with Gasteiger partial charge in [0.2, 0.25) is 0 Å². The van der Waals surface area contributed by atoms with Crippen molar-refractivity contribution in [1.29, 1.82) is 5.26 Å². The quantitative estimate of drug-likeness (QED) is 0.644. The Hall–Kier alpha value is -0.600. The van der Waals surface area contributed by atoms with Crippen molar-refractivity contribution in [1.82, 2.24) is 5.32 Å². The first kappa shape index (κ1) is 9.49. The van der Waals surface area contributed by atoms with Crippen LogP contribution in [0.3, 0.4) is 0 Å². The van der Waals surface area contributed by atoms with E-state index in [1.165, 1.54) is 0 Å². The van der Waals surface area contributed by atoms with Crippen molar-refractivity contribution in [3.8, 4) is 6.07 Å². The van der Waals surface area contributed by atoms with Gasteiger partial charge in [-0.05, 0) is 13.0 Å². The molecular weight excluding hydrogens is 176 g/mol. The Kier molecular flexibility index (Phi) is 2.40. The van der Waals surface area contributed by atoms with Crippen molar-refractivity contribution < 1.29 is 8.42 Å². The first-order valence-electron chi connectivity index (χ1n) is 3.90. The lowest BCUT2D eigenvalue weighted by atomic mass is 10.0. The summed E-state index contributed by atoms with van der Waals surface area (Å²) in [6, 6.07) is 2.04. The van der Waals surface area contributed by atoms with Gasteiger partial charge in [0.25, 0.3) is 0 Å². The van der Waals surface area contributed by atoms with Gasteiger partial charge >= 0.3 is 0 Å². The zero-order chi connectivity index (χ0) is 9.24. The van der Waals surface area contributed by atoms with Gasteiger partial charge in [0.15, 0.2) is 9.84 Å². The number of rotatable bonds is 2. The summed E-state index contributed by atoms with van der Waals surface area (Å²) in [6.07, 6.45) is 0.416. The summed E-state index contributed by atoms with van der Waals surface area (Å²) >= 11 is 0. The second-order valence-electron chi connectivity index (χ2n) is 3.07. The van der Waals surface area contributed by atoms with E-state index in [0.29, 0.717) is 13.0 Å². The average Bonchev–Trinajstić information content (AvgIpc) is 2.29. The van der Waals surface area contributed by atoms with Crippen LogP contribution in [0.15, 0.2) is 0 Å². The topological polar surface area (TPSA) is 70.0 Å². The van der Waals surface area contributed by atoms with E-state index in [1.807, 2.05) is 13.0 Å². The van der Waals surface area contributed by atoms with Crippen LogP contribution in [0.25, 0.3) is 0 Å². The van der Waals surface area contributed by atoms with E-state index in [9.17, 15) is 8.42 Å². The lowest BCUT2D eigenvalue weighted by Gasteiger charge is -2.18. The minimum Gasteiger partial charge on any atom is -0.299 e. The SMILES string of the molecule is CCNC1(C#N)CCS(=O)(=O)C1. The molecule has 12 heavy (non-hydrogen) atoms. The summed E-state index contributed by atoms with van der Waals surface area (Å²) < 4.78 is 22.2. The molecule has 1 saturated heterocycles. The van der Waals surface area contributed by atoms with Crippen LogP contribution in [0.5, 0.6) is 0 Å². The van der Waals surface area contributed by atoms with E-state index in [4.69, 9.17) is 5.26 Å². The van der Waals surface area contributed by atoms with Crippen LogP contribution in [-0.2, 0) is 9.84 Å². The fraction of sp³-hybridized carbons (Fsp3) is 0.857. The van der Waals surface area contributed by atoms with Crippen molar-refractivity contribution in [2.24, 2.45) is 0 Å². The first-order chi connectivity index (χ1) is 5.54. The Morgan fingerprint density at radius 3 is 2.67 bits per heavy atom. The van der Waals surface area contributed by atoms with Crippen molar-refractivity contribution in [2.45, 2.75) is 18.9 Å². The van der Waals surface area contributed by atoms with Crippen molar-refractivity contribution in [2.75, 3.05) is 18.1 Å². The zero-order valence-electron chi connectivity index (χ0n) is 7.00. The van der Waals surface area contributed by atoms with E-state index >= 15 is 0 Å². The molecule has 1 heterocycles.